The summed E-state index contributed by atoms with van der Waals surface area (Å²) in [6.45, 7) is 2.01. The molecule has 8 heteroatoms. The van der Waals surface area contributed by atoms with Gasteiger partial charge in [-0.2, -0.15) is 0 Å². The van der Waals surface area contributed by atoms with Gasteiger partial charge in [0.25, 0.3) is 0 Å². The van der Waals surface area contributed by atoms with Crippen LogP contribution in [-0.4, -0.2) is 12.3 Å². The van der Waals surface area contributed by atoms with E-state index in [1.165, 1.54) is 6.07 Å². The SMILES string of the molecule is CCCCC(Oc1ccc(N(S)C(N)=O)cc1)Oc1ccc(F)cc1F. The van der Waals surface area contributed by atoms with Crippen molar-refractivity contribution in [3.8, 4) is 11.5 Å². The molecule has 140 valence electrons. The van der Waals surface area contributed by atoms with Crippen LogP contribution in [0.15, 0.2) is 42.5 Å². The van der Waals surface area contributed by atoms with Gasteiger partial charge in [0.2, 0.25) is 6.29 Å². The summed E-state index contributed by atoms with van der Waals surface area (Å²) < 4.78 is 39.1. The van der Waals surface area contributed by atoms with Gasteiger partial charge in [0, 0.05) is 12.5 Å². The number of amides is 2. The van der Waals surface area contributed by atoms with Crippen LogP contribution in [0.5, 0.6) is 11.5 Å². The maximum atomic E-state index is 13.8. The number of rotatable bonds is 8. The Balaban J connectivity index is 2.10. The minimum Gasteiger partial charge on any atom is -0.455 e. The van der Waals surface area contributed by atoms with Crippen molar-refractivity contribution in [2.45, 2.75) is 32.5 Å². The molecule has 0 bridgehead atoms. The van der Waals surface area contributed by atoms with E-state index in [4.69, 9.17) is 15.2 Å². The Kier molecular flexibility index (Phi) is 7.08. The van der Waals surface area contributed by atoms with Gasteiger partial charge in [-0.15, -0.1) is 0 Å². The van der Waals surface area contributed by atoms with E-state index < -0.39 is 24.0 Å². The molecule has 2 amide bonds. The summed E-state index contributed by atoms with van der Waals surface area (Å²) in [7, 11) is 0. The molecule has 0 aliphatic carbocycles. The number of thiol groups is 1. The zero-order chi connectivity index (χ0) is 19.1. The van der Waals surface area contributed by atoms with Crippen molar-refractivity contribution in [3.05, 3.63) is 54.1 Å². The maximum absolute atomic E-state index is 13.8. The quantitative estimate of drug-likeness (QED) is 0.515. The Morgan fingerprint density at radius 1 is 1.19 bits per heavy atom. The van der Waals surface area contributed by atoms with Crippen LogP contribution in [0.25, 0.3) is 0 Å². The molecule has 0 saturated heterocycles. The van der Waals surface area contributed by atoms with Gasteiger partial charge in [-0.25, -0.2) is 17.9 Å². The van der Waals surface area contributed by atoms with Crippen molar-refractivity contribution in [1.82, 2.24) is 0 Å². The molecule has 0 aliphatic rings. The molecule has 2 rings (SSSR count). The molecule has 1 unspecified atom stereocenters. The van der Waals surface area contributed by atoms with Crippen molar-refractivity contribution in [3.63, 3.8) is 0 Å². The van der Waals surface area contributed by atoms with Crippen molar-refractivity contribution in [2.75, 3.05) is 4.31 Å². The van der Waals surface area contributed by atoms with Crippen LogP contribution in [0.4, 0.5) is 19.3 Å². The number of nitrogens with zero attached hydrogens (tertiary/aromatic N) is 1. The molecule has 0 fully saturated rings. The summed E-state index contributed by atoms with van der Waals surface area (Å²) in [5, 5.41) is 0. The minimum atomic E-state index is -0.794. The Labute approximate surface area is 156 Å². The summed E-state index contributed by atoms with van der Waals surface area (Å²) in [5.74, 6) is -1.09. The molecule has 5 nitrogen and oxygen atoms in total. The predicted octanol–water partition coefficient (Wildman–Crippen LogP) is 4.67. The second-order valence-electron chi connectivity index (χ2n) is 5.53. The third-order valence-corrected chi connectivity index (χ3v) is 3.93. The van der Waals surface area contributed by atoms with E-state index in [1.54, 1.807) is 24.3 Å². The minimum absolute atomic E-state index is 0.0839. The Morgan fingerprint density at radius 3 is 2.46 bits per heavy atom. The molecule has 0 spiro atoms. The summed E-state index contributed by atoms with van der Waals surface area (Å²) in [5.41, 5.74) is 5.63. The molecule has 2 aromatic carbocycles. The monoisotopic (exact) mass is 382 g/mol. The smallest absolute Gasteiger partial charge is 0.329 e. The molecule has 2 N–H and O–H groups in total. The van der Waals surface area contributed by atoms with Gasteiger partial charge >= 0.3 is 6.03 Å². The number of hydrogen-bond donors (Lipinski definition) is 2. The van der Waals surface area contributed by atoms with Crippen LogP contribution in [0.3, 0.4) is 0 Å². The third kappa shape index (κ3) is 5.52. The number of hydrogen-bond acceptors (Lipinski definition) is 4. The number of primary amides is 1. The van der Waals surface area contributed by atoms with E-state index >= 15 is 0 Å². The van der Waals surface area contributed by atoms with E-state index in [9.17, 15) is 13.6 Å². The molecule has 0 aromatic heterocycles. The lowest BCUT2D eigenvalue weighted by molar-refractivity contribution is -0.00489. The first-order valence-corrected chi connectivity index (χ1v) is 8.47. The molecule has 1 atom stereocenters. The Hall–Kier alpha value is -2.48. The van der Waals surface area contributed by atoms with Crippen LogP contribution in [0.1, 0.15) is 26.2 Å². The fraction of sp³-hybridized carbons (Fsp3) is 0.278. The highest BCUT2D eigenvalue weighted by atomic mass is 32.1. The first-order valence-electron chi connectivity index (χ1n) is 8.07. The second-order valence-corrected chi connectivity index (χ2v) is 5.93. The molecule has 0 aliphatic heterocycles. The average molecular weight is 382 g/mol. The van der Waals surface area contributed by atoms with E-state index in [0.717, 1.165) is 29.3 Å². The number of unbranched alkanes of at least 4 members (excludes halogenated alkanes) is 1. The number of urea groups is 1. The highest BCUT2D eigenvalue weighted by Crippen LogP contribution is 2.25. The fourth-order valence-corrected chi connectivity index (χ4v) is 2.30. The van der Waals surface area contributed by atoms with Crippen LogP contribution in [0, 0.1) is 11.6 Å². The Bertz CT molecular complexity index is 744. The van der Waals surface area contributed by atoms with Crippen LogP contribution < -0.4 is 19.5 Å². The number of ether oxygens (including phenoxy) is 2. The van der Waals surface area contributed by atoms with Gasteiger partial charge in [-0.3, -0.25) is 0 Å². The Morgan fingerprint density at radius 2 is 1.88 bits per heavy atom. The van der Waals surface area contributed by atoms with Crippen LogP contribution in [-0.2, 0) is 0 Å². The summed E-state index contributed by atoms with van der Waals surface area (Å²) in [6.07, 6.45) is 1.48. The zero-order valence-electron chi connectivity index (χ0n) is 14.2. The average Bonchev–Trinajstić information content (AvgIpc) is 2.61. The largest absolute Gasteiger partial charge is 0.455 e. The van der Waals surface area contributed by atoms with Gasteiger partial charge in [-0.05, 0) is 42.8 Å². The van der Waals surface area contributed by atoms with Gasteiger partial charge in [-0.1, -0.05) is 26.2 Å². The van der Waals surface area contributed by atoms with Crippen molar-refractivity contribution in [1.29, 1.82) is 0 Å². The number of halogens is 2. The highest BCUT2D eigenvalue weighted by molar-refractivity contribution is 7.82. The van der Waals surface area contributed by atoms with E-state index in [0.29, 0.717) is 17.9 Å². The highest BCUT2D eigenvalue weighted by Gasteiger charge is 2.16. The number of carbonyl (C=O) groups excluding carboxylic acids is 1. The second kappa shape index (κ2) is 9.28. The van der Waals surface area contributed by atoms with Gasteiger partial charge in [0.05, 0.1) is 5.69 Å². The number of carbonyl (C=O) groups is 1. The van der Waals surface area contributed by atoms with E-state index in [2.05, 4.69) is 12.8 Å². The van der Waals surface area contributed by atoms with Gasteiger partial charge < -0.3 is 15.2 Å². The molecule has 0 radical (unpaired) electrons. The topological polar surface area (TPSA) is 64.8 Å². The predicted molar refractivity (Wildman–Crippen MR) is 98.4 cm³/mol. The van der Waals surface area contributed by atoms with Gasteiger partial charge in [0.1, 0.15) is 11.6 Å². The molecule has 26 heavy (non-hydrogen) atoms. The molecular formula is C18H20F2N2O3S. The lowest BCUT2D eigenvalue weighted by Crippen LogP contribution is -2.27. The lowest BCUT2D eigenvalue weighted by atomic mass is 10.2. The molecule has 0 saturated carbocycles. The van der Waals surface area contributed by atoms with Crippen molar-refractivity contribution in [2.24, 2.45) is 5.73 Å². The number of nitrogens with two attached hydrogens (primary N) is 1. The first kappa shape index (κ1) is 19.8. The zero-order valence-corrected chi connectivity index (χ0v) is 15.1. The normalized spacial score (nSPS) is 11.7. The molecule has 2 aromatic rings. The van der Waals surface area contributed by atoms with Gasteiger partial charge in [0.15, 0.2) is 11.6 Å². The van der Waals surface area contributed by atoms with E-state index in [-0.39, 0.29) is 5.75 Å². The number of benzene rings is 2. The third-order valence-electron chi connectivity index (χ3n) is 3.50. The number of anilines is 1. The summed E-state index contributed by atoms with van der Waals surface area (Å²) >= 11 is 3.97. The van der Waals surface area contributed by atoms with Crippen molar-refractivity contribution >= 4 is 24.5 Å². The fourth-order valence-electron chi connectivity index (χ4n) is 2.17. The van der Waals surface area contributed by atoms with Crippen molar-refractivity contribution < 1.29 is 23.0 Å². The summed E-state index contributed by atoms with van der Waals surface area (Å²) in [6, 6.07) is 8.82. The standard InChI is InChI=1S/C18H20F2N2O3S/c1-2-3-4-17(25-16-10-5-12(19)11-15(16)20)24-14-8-6-13(7-9-14)22(26)18(21)23/h5-11,17,26H,2-4H2,1H3,(H2,21,23). The first-order chi connectivity index (χ1) is 12.4. The van der Waals surface area contributed by atoms with Crippen LogP contribution in [0.2, 0.25) is 0 Å². The summed E-state index contributed by atoms with van der Waals surface area (Å²) in [4.78, 5) is 11.1. The van der Waals surface area contributed by atoms with E-state index in [1.807, 2.05) is 6.92 Å². The molecular weight excluding hydrogens is 362 g/mol. The van der Waals surface area contributed by atoms with Crippen LogP contribution >= 0.6 is 12.8 Å². The molecule has 0 heterocycles. The maximum Gasteiger partial charge on any atom is 0.329 e. The lowest BCUT2D eigenvalue weighted by Gasteiger charge is -2.21.